The molecule has 7 nitrogen and oxygen atoms in total. The molecule has 0 aliphatic heterocycles. The highest BCUT2D eigenvalue weighted by molar-refractivity contribution is 5.86. The lowest BCUT2D eigenvalue weighted by Gasteiger charge is -2.37. The fourth-order valence-electron chi connectivity index (χ4n) is 3.47. The zero-order valence-corrected chi connectivity index (χ0v) is 15.3. The van der Waals surface area contributed by atoms with Crippen LogP contribution >= 0.6 is 0 Å². The number of carbonyl (C=O) groups is 1. The minimum atomic E-state index is -1.61. The van der Waals surface area contributed by atoms with Crippen LogP contribution < -0.4 is 0 Å². The van der Waals surface area contributed by atoms with Gasteiger partial charge in [-0.05, 0) is 17.7 Å². The van der Waals surface area contributed by atoms with Gasteiger partial charge in [0.25, 0.3) is 0 Å². The maximum Gasteiger partial charge on any atom is 0.338 e. The van der Waals surface area contributed by atoms with E-state index in [1.165, 1.54) is 17.1 Å². The maximum atomic E-state index is 12.2. The molecular weight excluding hydrogens is 368 g/mol. The van der Waals surface area contributed by atoms with Crippen molar-refractivity contribution >= 4 is 5.97 Å². The van der Waals surface area contributed by atoms with Gasteiger partial charge in [-0.1, -0.05) is 42.5 Å². The van der Waals surface area contributed by atoms with Crippen LogP contribution in [-0.4, -0.2) is 35.9 Å². The minimum absolute atomic E-state index is 0.0330. The Morgan fingerprint density at radius 2 is 1.52 bits per heavy atom. The van der Waals surface area contributed by atoms with E-state index in [0.717, 1.165) is 5.56 Å². The summed E-state index contributed by atoms with van der Waals surface area (Å²) in [7, 11) is 0. The molecule has 144 valence electrons. The Kier molecular flexibility index (Phi) is 4.88. The highest BCUT2D eigenvalue weighted by Gasteiger charge is 2.43. The van der Waals surface area contributed by atoms with Gasteiger partial charge in [0.2, 0.25) is 0 Å². The maximum absolute atomic E-state index is 12.2. The monoisotopic (exact) mass is 386 g/mol. The Balaban J connectivity index is 2.00. The number of hydrogen-bond donors (Lipinski definition) is 2. The molecule has 3 aromatic heterocycles. The highest BCUT2D eigenvalue weighted by atomic mass is 16.4. The second-order valence-corrected chi connectivity index (χ2v) is 6.58. The van der Waals surface area contributed by atoms with Crippen LogP contribution in [-0.2, 0) is 5.60 Å². The van der Waals surface area contributed by atoms with Crippen molar-refractivity contribution in [2.75, 3.05) is 0 Å². The molecule has 29 heavy (non-hydrogen) atoms. The molecule has 0 aliphatic rings. The topological polar surface area (TPSA) is 101 Å². The lowest BCUT2D eigenvalue weighted by Crippen LogP contribution is -2.39. The largest absolute Gasteiger partial charge is 0.478 e. The number of carboxylic acids is 1. The summed E-state index contributed by atoms with van der Waals surface area (Å²) in [5.74, 6) is -1.09. The van der Waals surface area contributed by atoms with Crippen LogP contribution in [0.3, 0.4) is 0 Å². The zero-order chi connectivity index (χ0) is 20.3. The first-order valence-electron chi connectivity index (χ1n) is 8.96. The van der Waals surface area contributed by atoms with Crippen LogP contribution in [0, 0.1) is 0 Å². The number of aromatic carboxylic acids is 1. The first-order chi connectivity index (χ1) is 14.1. The average Bonchev–Trinajstić information content (AvgIpc) is 3.26. The van der Waals surface area contributed by atoms with Gasteiger partial charge < -0.3 is 10.2 Å². The summed E-state index contributed by atoms with van der Waals surface area (Å²) in [5.41, 5.74) is 0.253. The number of nitrogens with zero attached hydrogens (tertiary/aromatic N) is 4. The first kappa shape index (κ1) is 18.5. The fourth-order valence-corrected chi connectivity index (χ4v) is 3.47. The van der Waals surface area contributed by atoms with Crippen molar-refractivity contribution in [3.05, 3.63) is 114 Å². The fraction of sp³-hybridized carbons (Fsp3) is 0.0909. The van der Waals surface area contributed by atoms with Crippen LogP contribution in [0.1, 0.15) is 33.1 Å². The van der Waals surface area contributed by atoms with E-state index in [-0.39, 0.29) is 5.56 Å². The number of aliphatic hydroxyl groups is 1. The standard InChI is InChI=1S/C22H18N4O3/c27-21(28)17-12-25-26(15-17)20(16-6-2-1-3-7-16)22(29,18-8-4-10-23-13-18)19-9-5-11-24-14-19/h1-15,20,29H,(H,27,28). The van der Waals surface area contributed by atoms with Crippen LogP contribution in [0.4, 0.5) is 0 Å². The summed E-state index contributed by atoms with van der Waals surface area (Å²) in [5, 5.41) is 25.8. The summed E-state index contributed by atoms with van der Waals surface area (Å²) in [6.07, 6.45) is 9.11. The summed E-state index contributed by atoms with van der Waals surface area (Å²) >= 11 is 0. The molecule has 4 rings (SSSR count). The number of carboxylic acid groups (broad SMARTS) is 1. The molecule has 0 bridgehead atoms. The van der Waals surface area contributed by atoms with Crippen molar-refractivity contribution in [2.45, 2.75) is 11.6 Å². The number of rotatable bonds is 6. The van der Waals surface area contributed by atoms with E-state index in [1.807, 2.05) is 30.3 Å². The summed E-state index contributed by atoms with van der Waals surface area (Å²) in [4.78, 5) is 19.8. The van der Waals surface area contributed by atoms with Crippen LogP contribution in [0.5, 0.6) is 0 Å². The highest BCUT2D eigenvalue weighted by Crippen LogP contribution is 2.42. The van der Waals surface area contributed by atoms with Crippen LogP contribution in [0.15, 0.2) is 91.8 Å². The van der Waals surface area contributed by atoms with Gasteiger partial charge in [-0.3, -0.25) is 14.6 Å². The molecule has 0 amide bonds. The third kappa shape index (κ3) is 3.39. The van der Waals surface area contributed by atoms with E-state index in [1.54, 1.807) is 49.1 Å². The SMILES string of the molecule is O=C(O)c1cnn(C(c2ccccc2)C(O)(c2cccnc2)c2cccnc2)c1. The average molecular weight is 386 g/mol. The Morgan fingerprint density at radius 1 is 0.897 bits per heavy atom. The van der Waals surface area contributed by atoms with Crippen molar-refractivity contribution in [3.8, 4) is 0 Å². The molecule has 0 saturated heterocycles. The minimum Gasteiger partial charge on any atom is -0.478 e. The smallest absolute Gasteiger partial charge is 0.338 e. The summed E-state index contributed by atoms with van der Waals surface area (Å²) in [6.45, 7) is 0. The van der Waals surface area contributed by atoms with Crippen LogP contribution in [0.2, 0.25) is 0 Å². The van der Waals surface area contributed by atoms with Gasteiger partial charge in [0.15, 0.2) is 0 Å². The van der Waals surface area contributed by atoms with E-state index < -0.39 is 17.6 Å². The predicted molar refractivity (Wildman–Crippen MR) is 105 cm³/mol. The molecule has 4 aromatic rings. The molecule has 0 fully saturated rings. The lowest BCUT2D eigenvalue weighted by atomic mass is 9.78. The normalized spacial score (nSPS) is 12.4. The Labute approximate surface area is 166 Å². The molecule has 7 heteroatoms. The van der Waals surface area contributed by atoms with Crippen molar-refractivity contribution in [3.63, 3.8) is 0 Å². The predicted octanol–water partition coefficient (Wildman–Crippen LogP) is 2.90. The lowest BCUT2D eigenvalue weighted by molar-refractivity contribution is 0.0329. The molecular formula is C22H18N4O3. The number of pyridine rings is 2. The van der Waals surface area contributed by atoms with Gasteiger partial charge in [0, 0.05) is 42.1 Å². The van der Waals surface area contributed by atoms with Gasteiger partial charge in [-0.2, -0.15) is 5.10 Å². The number of hydrogen-bond acceptors (Lipinski definition) is 5. The first-order valence-corrected chi connectivity index (χ1v) is 8.96. The van der Waals surface area contributed by atoms with Crippen molar-refractivity contribution in [2.24, 2.45) is 0 Å². The van der Waals surface area contributed by atoms with E-state index in [9.17, 15) is 15.0 Å². The van der Waals surface area contributed by atoms with E-state index in [2.05, 4.69) is 15.1 Å². The van der Waals surface area contributed by atoms with Crippen molar-refractivity contribution in [1.29, 1.82) is 0 Å². The van der Waals surface area contributed by atoms with Crippen molar-refractivity contribution < 1.29 is 15.0 Å². The molecule has 0 aliphatic carbocycles. The third-order valence-corrected chi connectivity index (χ3v) is 4.83. The molecule has 1 atom stereocenters. The van der Waals surface area contributed by atoms with Crippen molar-refractivity contribution in [1.82, 2.24) is 19.7 Å². The molecule has 0 saturated carbocycles. The summed E-state index contributed by atoms with van der Waals surface area (Å²) in [6, 6.07) is 15.6. The second kappa shape index (κ2) is 7.65. The van der Waals surface area contributed by atoms with Gasteiger partial charge in [0.05, 0.1) is 11.8 Å². The Bertz CT molecular complexity index is 1060. The van der Waals surface area contributed by atoms with Gasteiger partial charge >= 0.3 is 5.97 Å². The van der Waals surface area contributed by atoms with Gasteiger partial charge in [-0.25, -0.2) is 4.79 Å². The molecule has 1 unspecified atom stereocenters. The number of benzene rings is 1. The molecule has 2 N–H and O–H groups in total. The number of aromatic nitrogens is 4. The van der Waals surface area contributed by atoms with E-state index >= 15 is 0 Å². The van der Waals surface area contributed by atoms with E-state index in [0.29, 0.717) is 11.1 Å². The second-order valence-electron chi connectivity index (χ2n) is 6.58. The third-order valence-electron chi connectivity index (χ3n) is 4.83. The Morgan fingerprint density at radius 3 is 2.00 bits per heavy atom. The zero-order valence-electron chi connectivity index (χ0n) is 15.3. The molecule has 0 radical (unpaired) electrons. The van der Waals surface area contributed by atoms with Gasteiger partial charge in [-0.15, -0.1) is 0 Å². The Hall–Kier alpha value is -3.84. The molecule has 0 spiro atoms. The quantitative estimate of drug-likeness (QED) is 0.528. The molecule has 3 heterocycles. The van der Waals surface area contributed by atoms with E-state index in [4.69, 9.17) is 0 Å². The van der Waals surface area contributed by atoms with Gasteiger partial charge in [0.1, 0.15) is 11.6 Å². The summed E-state index contributed by atoms with van der Waals surface area (Å²) < 4.78 is 1.47. The molecule has 1 aromatic carbocycles. The van der Waals surface area contributed by atoms with Crippen LogP contribution in [0.25, 0.3) is 0 Å².